The number of hydrogen-bond acceptors (Lipinski definition) is 0. The molecule has 0 bridgehead atoms. The van der Waals surface area contributed by atoms with Crippen molar-refractivity contribution in [2.24, 2.45) is 0 Å². The van der Waals surface area contributed by atoms with Gasteiger partial charge in [-0.2, -0.15) is 0 Å². The molecule has 0 aliphatic heterocycles. The number of rotatable bonds is 2. The molecule has 1 aliphatic rings. The molecule has 0 amide bonds. The Hall–Kier alpha value is -1.30. The Labute approximate surface area is 73.2 Å². The third kappa shape index (κ3) is 1.10. The van der Waals surface area contributed by atoms with Crippen molar-refractivity contribution >= 4 is 6.08 Å². The van der Waals surface area contributed by atoms with Gasteiger partial charge in [0, 0.05) is 6.42 Å². The van der Waals surface area contributed by atoms with E-state index in [9.17, 15) is 0 Å². The Kier molecular flexibility index (Phi) is 1.83. The number of allylic oxidation sites excluding steroid dienone is 2. The molecule has 0 unspecified atom stereocenters. The van der Waals surface area contributed by atoms with Crippen LogP contribution >= 0.6 is 0 Å². The highest BCUT2D eigenvalue weighted by Crippen LogP contribution is 2.24. The Morgan fingerprint density at radius 2 is 2.25 bits per heavy atom. The lowest BCUT2D eigenvalue weighted by Crippen LogP contribution is -1.88. The predicted octanol–water partition coefficient (Wildman–Crippen LogP) is 2.99. The Bertz CT molecular complexity index is 332. The molecular formula is C12H11. The first-order valence-electron chi connectivity index (χ1n) is 4.16. The van der Waals surface area contributed by atoms with Crippen LogP contribution in [0.2, 0.25) is 0 Å². The molecule has 0 atom stereocenters. The average Bonchev–Trinajstić information content (AvgIpc) is 2.53. The van der Waals surface area contributed by atoms with Gasteiger partial charge < -0.3 is 0 Å². The van der Waals surface area contributed by atoms with Gasteiger partial charge in [0.15, 0.2) is 0 Å². The van der Waals surface area contributed by atoms with Crippen LogP contribution in [0.5, 0.6) is 0 Å². The fraction of sp³-hybridized carbons (Fsp3) is 0.0833. The van der Waals surface area contributed by atoms with Crippen molar-refractivity contribution in [2.75, 3.05) is 0 Å². The predicted molar refractivity (Wildman–Crippen MR) is 52.8 cm³/mol. The van der Waals surface area contributed by atoms with Gasteiger partial charge in [-0.3, -0.25) is 0 Å². The third-order valence-corrected chi connectivity index (χ3v) is 2.13. The summed E-state index contributed by atoms with van der Waals surface area (Å²) in [7, 11) is 0. The molecule has 1 radical (unpaired) electrons. The summed E-state index contributed by atoms with van der Waals surface area (Å²) in [6.07, 6.45) is 9.30. The summed E-state index contributed by atoms with van der Waals surface area (Å²) in [5, 5.41) is 0. The highest BCUT2D eigenvalue weighted by atomic mass is 14.1. The van der Waals surface area contributed by atoms with Gasteiger partial charge in [0.1, 0.15) is 0 Å². The summed E-state index contributed by atoms with van der Waals surface area (Å²) in [6, 6.07) is 6.40. The number of benzene rings is 1. The van der Waals surface area contributed by atoms with Gasteiger partial charge in [-0.05, 0) is 23.1 Å². The Balaban J connectivity index is 2.48. The molecule has 0 spiro atoms. The van der Waals surface area contributed by atoms with Crippen LogP contribution in [-0.2, 0) is 6.42 Å². The maximum Gasteiger partial charge on any atom is 0.0131 e. The highest BCUT2D eigenvalue weighted by molar-refractivity contribution is 5.67. The van der Waals surface area contributed by atoms with Crippen molar-refractivity contribution < 1.29 is 0 Å². The molecule has 12 heavy (non-hydrogen) atoms. The lowest BCUT2D eigenvalue weighted by atomic mass is 10.0. The molecule has 0 aromatic heterocycles. The van der Waals surface area contributed by atoms with Gasteiger partial charge in [-0.25, -0.2) is 0 Å². The summed E-state index contributed by atoms with van der Waals surface area (Å²) in [4.78, 5) is 0. The zero-order valence-corrected chi connectivity index (χ0v) is 6.96. The lowest BCUT2D eigenvalue weighted by molar-refractivity contribution is 1.26. The Morgan fingerprint density at radius 1 is 1.33 bits per heavy atom. The van der Waals surface area contributed by atoms with E-state index >= 15 is 0 Å². The van der Waals surface area contributed by atoms with Crippen molar-refractivity contribution in [3.05, 3.63) is 60.0 Å². The number of fused-ring (bicyclic) bond motifs is 1. The SMILES string of the molecule is C=CCc1cccc2c1C=C[CH]2. The monoisotopic (exact) mass is 155 g/mol. The zero-order chi connectivity index (χ0) is 8.39. The summed E-state index contributed by atoms with van der Waals surface area (Å²) >= 11 is 0. The molecule has 0 N–H and O–H groups in total. The van der Waals surface area contributed by atoms with E-state index in [0.29, 0.717) is 0 Å². The van der Waals surface area contributed by atoms with Crippen LogP contribution in [-0.4, -0.2) is 0 Å². The molecule has 1 aromatic rings. The molecule has 0 fully saturated rings. The van der Waals surface area contributed by atoms with E-state index in [4.69, 9.17) is 0 Å². The van der Waals surface area contributed by atoms with Gasteiger partial charge in [0.05, 0.1) is 0 Å². The largest absolute Gasteiger partial charge is 0.103 e. The summed E-state index contributed by atoms with van der Waals surface area (Å²) < 4.78 is 0. The maximum atomic E-state index is 3.75. The lowest BCUT2D eigenvalue weighted by Gasteiger charge is -2.03. The van der Waals surface area contributed by atoms with E-state index in [1.807, 2.05) is 6.08 Å². The molecular weight excluding hydrogens is 144 g/mol. The molecule has 0 heteroatoms. The first-order chi connectivity index (χ1) is 5.92. The molecule has 1 aromatic carbocycles. The first-order valence-corrected chi connectivity index (χ1v) is 4.16. The standard InChI is InChI=1S/C12H11/c1-2-5-10-6-3-7-11-8-4-9-12(10)11/h2-4,6-9H,1,5H2. The minimum atomic E-state index is 0.960. The minimum absolute atomic E-state index is 0.960. The van der Waals surface area contributed by atoms with Crippen LogP contribution in [0.4, 0.5) is 0 Å². The van der Waals surface area contributed by atoms with Crippen LogP contribution in [0.1, 0.15) is 16.7 Å². The van der Waals surface area contributed by atoms with Crippen LogP contribution < -0.4 is 0 Å². The van der Waals surface area contributed by atoms with Gasteiger partial charge in [0.2, 0.25) is 0 Å². The summed E-state index contributed by atoms with van der Waals surface area (Å²) in [5.74, 6) is 0. The second-order valence-electron chi connectivity index (χ2n) is 2.94. The number of hydrogen-bond donors (Lipinski definition) is 0. The van der Waals surface area contributed by atoms with Crippen LogP contribution in [0.3, 0.4) is 0 Å². The van der Waals surface area contributed by atoms with Crippen molar-refractivity contribution in [2.45, 2.75) is 6.42 Å². The highest BCUT2D eigenvalue weighted by Gasteiger charge is 2.07. The van der Waals surface area contributed by atoms with Crippen LogP contribution in [0, 0.1) is 6.42 Å². The van der Waals surface area contributed by atoms with Gasteiger partial charge in [-0.1, -0.05) is 36.4 Å². The van der Waals surface area contributed by atoms with E-state index in [2.05, 4.69) is 43.4 Å². The summed E-state index contributed by atoms with van der Waals surface area (Å²) in [5.41, 5.74) is 4.05. The van der Waals surface area contributed by atoms with E-state index in [1.165, 1.54) is 16.7 Å². The molecule has 1 aliphatic carbocycles. The quantitative estimate of drug-likeness (QED) is 0.576. The Morgan fingerprint density at radius 3 is 3.08 bits per heavy atom. The molecule has 59 valence electrons. The van der Waals surface area contributed by atoms with E-state index < -0.39 is 0 Å². The smallest absolute Gasteiger partial charge is 0.0131 e. The van der Waals surface area contributed by atoms with Crippen molar-refractivity contribution in [3.63, 3.8) is 0 Å². The zero-order valence-electron chi connectivity index (χ0n) is 6.96. The van der Waals surface area contributed by atoms with Gasteiger partial charge in [-0.15, -0.1) is 6.58 Å². The van der Waals surface area contributed by atoms with Crippen LogP contribution in [0.25, 0.3) is 6.08 Å². The van der Waals surface area contributed by atoms with E-state index in [0.717, 1.165) is 6.42 Å². The first kappa shape index (κ1) is 7.35. The molecule has 0 nitrogen and oxygen atoms in total. The topological polar surface area (TPSA) is 0 Å². The second-order valence-corrected chi connectivity index (χ2v) is 2.94. The van der Waals surface area contributed by atoms with Crippen molar-refractivity contribution in [1.29, 1.82) is 0 Å². The minimum Gasteiger partial charge on any atom is -0.103 e. The molecule has 0 saturated heterocycles. The van der Waals surface area contributed by atoms with Crippen LogP contribution in [0.15, 0.2) is 36.9 Å². The fourth-order valence-corrected chi connectivity index (χ4v) is 1.56. The molecule has 0 heterocycles. The fourth-order valence-electron chi connectivity index (χ4n) is 1.56. The normalized spacial score (nSPS) is 13.0. The van der Waals surface area contributed by atoms with Crippen molar-refractivity contribution in [3.8, 4) is 0 Å². The molecule has 0 saturated carbocycles. The molecule has 2 rings (SSSR count). The van der Waals surface area contributed by atoms with Gasteiger partial charge >= 0.3 is 0 Å². The third-order valence-electron chi connectivity index (χ3n) is 2.13. The average molecular weight is 155 g/mol. The van der Waals surface area contributed by atoms with E-state index in [-0.39, 0.29) is 0 Å². The van der Waals surface area contributed by atoms with Gasteiger partial charge in [0.25, 0.3) is 0 Å². The van der Waals surface area contributed by atoms with E-state index in [1.54, 1.807) is 0 Å². The maximum absolute atomic E-state index is 3.75. The van der Waals surface area contributed by atoms with Crippen molar-refractivity contribution in [1.82, 2.24) is 0 Å². The second kappa shape index (κ2) is 2.98. The summed E-state index contributed by atoms with van der Waals surface area (Å²) in [6.45, 7) is 3.75.